The Morgan fingerprint density at radius 3 is 2.73 bits per heavy atom. The number of hydrogen-bond acceptors (Lipinski definition) is 7. The van der Waals surface area contributed by atoms with Crippen molar-refractivity contribution >= 4 is 49.0 Å². The number of pyridine rings is 1. The van der Waals surface area contributed by atoms with Gasteiger partial charge >= 0.3 is 0 Å². The van der Waals surface area contributed by atoms with Crippen LogP contribution < -0.4 is 5.73 Å². The Bertz CT molecular complexity index is 1530. The molecule has 8 nitrogen and oxygen atoms in total. The van der Waals surface area contributed by atoms with E-state index in [-0.39, 0.29) is 11.7 Å². The molecule has 0 bridgehead atoms. The predicted octanol–water partition coefficient (Wildman–Crippen LogP) is 3.75. The van der Waals surface area contributed by atoms with E-state index in [1.165, 1.54) is 24.5 Å². The van der Waals surface area contributed by atoms with E-state index in [0.29, 0.717) is 36.9 Å². The van der Waals surface area contributed by atoms with E-state index in [4.69, 9.17) is 17.3 Å². The zero-order valence-corrected chi connectivity index (χ0v) is 19.9. The lowest BCUT2D eigenvalue weighted by atomic mass is 10.0. The highest BCUT2D eigenvalue weighted by molar-refractivity contribution is 7.89. The molecule has 0 saturated heterocycles. The molecule has 12 heteroatoms. The molecule has 0 spiro atoms. The van der Waals surface area contributed by atoms with Crippen molar-refractivity contribution in [2.24, 2.45) is 10.7 Å². The summed E-state index contributed by atoms with van der Waals surface area (Å²) in [5.41, 5.74) is 5.99. The molecule has 0 saturated carbocycles. The fourth-order valence-electron chi connectivity index (χ4n) is 3.86. The fraction of sp³-hybridized carbons (Fsp3) is 0.190. The van der Waals surface area contributed by atoms with E-state index in [0.717, 1.165) is 4.31 Å². The predicted molar refractivity (Wildman–Crippen MR) is 128 cm³/mol. The van der Waals surface area contributed by atoms with E-state index >= 15 is 4.39 Å². The van der Waals surface area contributed by atoms with E-state index in [1.807, 2.05) is 0 Å². The van der Waals surface area contributed by atoms with Gasteiger partial charge in [-0.3, -0.25) is 4.98 Å². The average Bonchev–Trinajstić information content (AvgIpc) is 3.41. The monoisotopic (exact) mass is 504 g/mol. The Labute approximate surface area is 198 Å². The van der Waals surface area contributed by atoms with Crippen LogP contribution in [0.5, 0.6) is 0 Å². The van der Waals surface area contributed by atoms with Gasteiger partial charge in [0.15, 0.2) is 0 Å². The molecule has 1 atom stereocenters. The number of halogens is 2. The lowest BCUT2D eigenvalue weighted by Gasteiger charge is -2.33. The number of rotatable bonds is 3. The molecule has 2 N–H and O–H groups in total. The quantitative estimate of drug-likeness (QED) is 0.457. The van der Waals surface area contributed by atoms with Crippen molar-refractivity contribution in [2.75, 3.05) is 12.8 Å². The second-order valence-corrected chi connectivity index (χ2v) is 11.3. The van der Waals surface area contributed by atoms with Crippen molar-refractivity contribution in [2.45, 2.75) is 12.5 Å². The summed E-state index contributed by atoms with van der Waals surface area (Å²) in [4.78, 5) is 9.38. The van der Waals surface area contributed by atoms with Crippen molar-refractivity contribution in [1.29, 1.82) is 0 Å². The molecule has 1 aliphatic rings. The number of hydrogen-bond donors (Lipinski definition) is 1. The molecular formula is C21H18ClFN6O2S2. The number of nitrogens with zero attached hydrogens (tertiary/aromatic N) is 5. The normalized spacial score (nSPS) is 20.2. The zero-order valence-electron chi connectivity index (χ0n) is 17.5. The second-order valence-electron chi connectivity index (χ2n) is 7.86. The Kier molecular flexibility index (Phi) is 4.96. The molecule has 0 fully saturated rings. The van der Waals surface area contributed by atoms with Gasteiger partial charge in [0, 0.05) is 42.7 Å². The molecule has 33 heavy (non-hydrogen) atoms. The fourth-order valence-corrected chi connectivity index (χ4v) is 7.20. The standard InChI is InChI=1S/C21H18ClFN6O2S2/c1-21(11-33(30,31)28(2)20(24)27-21)19-16(22)14-6-8-25-17(18(14)32-19)13-5-4-12(10-15(13)23)29-9-3-7-26-29/h3-10H,11H2,1-2H3,(H2,24,27). The van der Waals surface area contributed by atoms with Gasteiger partial charge in [0.05, 0.1) is 31.7 Å². The number of aliphatic imine (C=N–C) groups is 1. The number of benzene rings is 1. The van der Waals surface area contributed by atoms with Crippen LogP contribution in [0.3, 0.4) is 0 Å². The SMILES string of the molecule is CN1C(N)=NC(C)(c2sc3c(-c4ccc(-n5cccn5)cc4F)nccc3c2Cl)CS1(=O)=O. The minimum Gasteiger partial charge on any atom is -0.369 e. The summed E-state index contributed by atoms with van der Waals surface area (Å²) < 4.78 is 43.6. The minimum absolute atomic E-state index is 0.115. The third-order valence-electron chi connectivity index (χ3n) is 5.58. The molecule has 4 heterocycles. The maximum absolute atomic E-state index is 15.2. The van der Waals surface area contributed by atoms with E-state index < -0.39 is 21.4 Å². The Balaban J connectivity index is 1.67. The Morgan fingerprint density at radius 1 is 1.27 bits per heavy atom. The topological polar surface area (TPSA) is 106 Å². The number of guanidine groups is 1. The van der Waals surface area contributed by atoms with Crippen LogP contribution in [0.15, 0.2) is 53.9 Å². The summed E-state index contributed by atoms with van der Waals surface area (Å²) in [7, 11) is -2.32. The van der Waals surface area contributed by atoms with Crippen LogP contribution in [-0.2, 0) is 15.6 Å². The van der Waals surface area contributed by atoms with E-state index in [1.54, 1.807) is 54.5 Å². The molecule has 3 aromatic heterocycles. The molecular weight excluding hydrogens is 487 g/mol. The highest BCUT2D eigenvalue weighted by Gasteiger charge is 2.43. The van der Waals surface area contributed by atoms with Crippen molar-refractivity contribution in [3.63, 3.8) is 0 Å². The van der Waals surface area contributed by atoms with E-state index in [9.17, 15) is 8.42 Å². The van der Waals surface area contributed by atoms with Crippen LogP contribution in [0.25, 0.3) is 27.0 Å². The van der Waals surface area contributed by atoms with Crippen LogP contribution in [0.1, 0.15) is 11.8 Å². The van der Waals surface area contributed by atoms with Crippen LogP contribution in [0.4, 0.5) is 4.39 Å². The second kappa shape index (κ2) is 7.51. The molecule has 5 rings (SSSR count). The first-order chi connectivity index (χ1) is 15.6. The highest BCUT2D eigenvalue weighted by Crippen LogP contribution is 2.47. The van der Waals surface area contributed by atoms with E-state index in [2.05, 4.69) is 15.1 Å². The van der Waals surface area contributed by atoms with Crippen LogP contribution in [0.2, 0.25) is 5.02 Å². The molecule has 0 amide bonds. The van der Waals surface area contributed by atoms with Gasteiger partial charge in [-0.2, -0.15) is 5.10 Å². The summed E-state index contributed by atoms with van der Waals surface area (Å²) in [5, 5.41) is 5.12. The molecule has 1 aromatic carbocycles. The summed E-state index contributed by atoms with van der Waals surface area (Å²) in [6.07, 6.45) is 4.88. The van der Waals surface area contributed by atoms with Gasteiger partial charge in [-0.15, -0.1) is 11.3 Å². The van der Waals surface area contributed by atoms with Gasteiger partial charge in [0.2, 0.25) is 16.0 Å². The molecule has 170 valence electrons. The average molecular weight is 505 g/mol. The van der Waals surface area contributed by atoms with Crippen LogP contribution >= 0.6 is 22.9 Å². The third kappa shape index (κ3) is 3.47. The highest BCUT2D eigenvalue weighted by atomic mass is 35.5. The van der Waals surface area contributed by atoms with Crippen molar-refractivity contribution in [3.8, 4) is 16.9 Å². The van der Waals surface area contributed by atoms with Gasteiger partial charge in [-0.1, -0.05) is 11.6 Å². The summed E-state index contributed by atoms with van der Waals surface area (Å²) in [6, 6.07) is 8.24. The van der Waals surface area contributed by atoms with Gasteiger partial charge < -0.3 is 5.73 Å². The first-order valence-corrected chi connectivity index (χ1v) is 12.6. The lowest BCUT2D eigenvalue weighted by molar-refractivity contribution is 0.482. The van der Waals surface area contributed by atoms with Crippen molar-refractivity contribution in [3.05, 3.63) is 64.6 Å². The first-order valence-electron chi connectivity index (χ1n) is 9.80. The van der Waals surface area contributed by atoms with Gasteiger partial charge in [0.25, 0.3) is 0 Å². The molecule has 0 aliphatic carbocycles. The number of thiophene rings is 1. The number of sulfonamides is 1. The maximum atomic E-state index is 15.2. The summed E-state index contributed by atoms with van der Waals surface area (Å²) in [6.45, 7) is 1.67. The van der Waals surface area contributed by atoms with Gasteiger partial charge in [-0.05, 0) is 31.2 Å². The van der Waals surface area contributed by atoms with Crippen LogP contribution in [0, 0.1) is 5.82 Å². The Hall–Kier alpha value is -3.02. The largest absolute Gasteiger partial charge is 0.369 e. The number of aromatic nitrogens is 3. The van der Waals surface area contributed by atoms with Crippen molar-refractivity contribution in [1.82, 2.24) is 19.1 Å². The summed E-state index contributed by atoms with van der Waals surface area (Å²) in [5.74, 6) is -0.875. The summed E-state index contributed by atoms with van der Waals surface area (Å²) >= 11 is 7.95. The lowest BCUT2D eigenvalue weighted by Crippen LogP contribution is -2.50. The van der Waals surface area contributed by atoms with Crippen LogP contribution in [-0.4, -0.2) is 46.2 Å². The first kappa shape index (κ1) is 21.8. The third-order valence-corrected chi connectivity index (χ3v) is 9.49. The number of nitrogens with two attached hydrogens (primary N) is 1. The molecule has 1 aliphatic heterocycles. The maximum Gasteiger partial charge on any atom is 0.239 e. The minimum atomic E-state index is -3.67. The molecule has 4 aromatic rings. The number of fused-ring (bicyclic) bond motifs is 1. The van der Waals surface area contributed by atoms with Gasteiger partial charge in [0.1, 0.15) is 11.4 Å². The van der Waals surface area contributed by atoms with Gasteiger partial charge in [-0.25, -0.2) is 26.8 Å². The smallest absolute Gasteiger partial charge is 0.239 e. The molecule has 1 unspecified atom stereocenters. The zero-order chi connectivity index (χ0) is 23.5. The van der Waals surface area contributed by atoms with Crippen molar-refractivity contribution < 1.29 is 12.8 Å². The molecule has 0 radical (unpaired) electrons. The Morgan fingerprint density at radius 2 is 2.06 bits per heavy atom.